The van der Waals surface area contributed by atoms with Gasteiger partial charge in [0, 0.05) is 25.2 Å². The second kappa shape index (κ2) is 5.72. The molecule has 4 nitrogen and oxygen atoms in total. The normalized spacial score (nSPS) is 18.1. The van der Waals surface area contributed by atoms with Gasteiger partial charge in [0.2, 0.25) is 5.91 Å². The molecule has 4 heteroatoms. The molecule has 1 heterocycles. The summed E-state index contributed by atoms with van der Waals surface area (Å²) in [5.74, 6) is 0.519. The number of benzene rings is 1. The van der Waals surface area contributed by atoms with Gasteiger partial charge in [-0.1, -0.05) is 44.2 Å². The van der Waals surface area contributed by atoms with Crippen molar-refractivity contribution in [3.8, 4) is 0 Å². The van der Waals surface area contributed by atoms with E-state index in [9.17, 15) is 4.79 Å². The number of carbonyl (C=O) groups excluding carboxylic acids is 1. The quantitative estimate of drug-likeness (QED) is 0.830. The van der Waals surface area contributed by atoms with Gasteiger partial charge in [-0.2, -0.15) is 0 Å². The molecule has 0 unspecified atom stereocenters. The number of hydrogen-bond donors (Lipinski definition) is 2. The van der Waals surface area contributed by atoms with E-state index < -0.39 is 0 Å². The van der Waals surface area contributed by atoms with Gasteiger partial charge in [-0.15, -0.1) is 0 Å². The van der Waals surface area contributed by atoms with Gasteiger partial charge in [0.25, 0.3) is 0 Å². The molecular weight excluding hydrogens is 238 g/mol. The molecule has 1 aromatic carbocycles. The minimum Gasteiger partial charge on any atom is -0.351 e. The smallest absolute Gasteiger partial charge is 0.234 e. The Kier molecular flexibility index (Phi) is 4.22. The number of amides is 1. The molecule has 1 aliphatic heterocycles. The highest BCUT2D eigenvalue weighted by Gasteiger charge is 2.42. The Morgan fingerprint density at radius 2 is 2.00 bits per heavy atom. The lowest BCUT2D eigenvalue weighted by Gasteiger charge is -2.50. The van der Waals surface area contributed by atoms with Crippen molar-refractivity contribution in [2.45, 2.75) is 25.9 Å². The van der Waals surface area contributed by atoms with Crippen molar-refractivity contribution in [2.75, 3.05) is 19.6 Å². The van der Waals surface area contributed by atoms with Crippen LogP contribution in [0, 0.1) is 5.92 Å². The number of hydrogen-bond acceptors (Lipinski definition) is 3. The molecule has 0 atom stereocenters. The Morgan fingerprint density at radius 3 is 2.58 bits per heavy atom. The van der Waals surface area contributed by atoms with Crippen molar-refractivity contribution in [2.24, 2.45) is 11.7 Å². The summed E-state index contributed by atoms with van der Waals surface area (Å²) in [6.07, 6.45) is 0. The Labute approximate surface area is 115 Å². The van der Waals surface area contributed by atoms with E-state index in [1.54, 1.807) is 0 Å². The van der Waals surface area contributed by atoms with Crippen molar-refractivity contribution in [1.82, 2.24) is 10.2 Å². The van der Waals surface area contributed by atoms with Crippen LogP contribution < -0.4 is 11.1 Å². The van der Waals surface area contributed by atoms with Crippen molar-refractivity contribution in [1.29, 1.82) is 0 Å². The van der Waals surface area contributed by atoms with E-state index in [1.807, 2.05) is 30.3 Å². The maximum absolute atomic E-state index is 11.8. The van der Waals surface area contributed by atoms with Gasteiger partial charge in [-0.3, -0.25) is 9.69 Å². The van der Waals surface area contributed by atoms with Crippen LogP contribution in [0.5, 0.6) is 0 Å². The minimum atomic E-state index is -0.111. The van der Waals surface area contributed by atoms with Crippen molar-refractivity contribution in [3.63, 3.8) is 0 Å². The predicted molar refractivity (Wildman–Crippen MR) is 76.5 cm³/mol. The van der Waals surface area contributed by atoms with Gasteiger partial charge in [-0.05, 0) is 11.5 Å². The van der Waals surface area contributed by atoms with Gasteiger partial charge in [0.05, 0.1) is 6.54 Å². The Hall–Kier alpha value is -1.39. The largest absolute Gasteiger partial charge is 0.351 e. The molecule has 0 saturated carbocycles. The third kappa shape index (κ3) is 3.55. The summed E-state index contributed by atoms with van der Waals surface area (Å²) in [5, 5.41) is 2.93. The Morgan fingerprint density at radius 1 is 1.37 bits per heavy atom. The molecule has 1 saturated heterocycles. The van der Waals surface area contributed by atoms with E-state index in [0.717, 1.165) is 18.7 Å². The molecule has 2 rings (SSSR count). The monoisotopic (exact) mass is 261 g/mol. The second-order valence-corrected chi connectivity index (χ2v) is 5.80. The number of rotatable bonds is 5. The molecule has 1 fully saturated rings. The average molecular weight is 261 g/mol. The van der Waals surface area contributed by atoms with Gasteiger partial charge >= 0.3 is 0 Å². The van der Waals surface area contributed by atoms with Crippen LogP contribution in [-0.2, 0) is 11.3 Å². The van der Waals surface area contributed by atoms with Crippen LogP contribution in [0.15, 0.2) is 30.3 Å². The minimum absolute atomic E-state index is 0.0645. The molecule has 19 heavy (non-hydrogen) atoms. The zero-order chi connectivity index (χ0) is 13.9. The summed E-state index contributed by atoms with van der Waals surface area (Å²) >= 11 is 0. The highest BCUT2D eigenvalue weighted by Crippen LogP contribution is 2.25. The molecule has 0 aromatic heterocycles. The standard InChI is InChI=1S/C15H23N3O/c1-12(2)15(16)10-18(11-15)9-14(19)17-8-13-6-4-3-5-7-13/h3-7,12H,8-11,16H2,1-2H3,(H,17,19). The first-order chi connectivity index (χ1) is 8.99. The van der Waals surface area contributed by atoms with Crippen LogP contribution in [0.2, 0.25) is 0 Å². The number of nitrogens with one attached hydrogen (secondary N) is 1. The van der Waals surface area contributed by atoms with Crippen molar-refractivity contribution < 1.29 is 4.79 Å². The van der Waals surface area contributed by atoms with Crippen LogP contribution in [0.4, 0.5) is 0 Å². The summed E-state index contributed by atoms with van der Waals surface area (Å²) in [4.78, 5) is 13.9. The molecule has 0 spiro atoms. The summed E-state index contributed by atoms with van der Waals surface area (Å²) in [5.41, 5.74) is 7.21. The topological polar surface area (TPSA) is 58.4 Å². The van der Waals surface area contributed by atoms with Crippen molar-refractivity contribution >= 4 is 5.91 Å². The van der Waals surface area contributed by atoms with E-state index >= 15 is 0 Å². The molecule has 0 bridgehead atoms. The zero-order valence-corrected chi connectivity index (χ0v) is 11.7. The lowest BCUT2D eigenvalue weighted by atomic mass is 9.80. The maximum Gasteiger partial charge on any atom is 0.234 e. The first kappa shape index (κ1) is 14.0. The van der Waals surface area contributed by atoms with Gasteiger partial charge in [0.15, 0.2) is 0 Å². The number of nitrogens with two attached hydrogens (primary N) is 1. The Balaban J connectivity index is 1.69. The maximum atomic E-state index is 11.8. The van der Waals surface area contributed by atoms with Crippen LogP contribution in [-0.4, -0.2) is 36.0 Å². The fourth-order valence-electron chi connectivity index (χ4n) is 2.32. The molecule has 1 aliphatic rings. The van der Waals surface area contributed by atoms with Gasteiger partial charge < -0.3 is 11.1 Å². The molecular formula is C15H23N3O. The number of likely N-dealkylation sites (tertiary alicyclic amines) is 1. The lowest BCUT2D eigenvalue weighted by Crippen LogP contribution is -2.70. The SMILES string of the molecule is CC(C)C1(N)CN(CC(=O)NCc2ccccc2)C1. The van der Waals surface area contributed by atoms with Crippen LogP contribution in [0.25, 0.3) is 0 Å². The number of carbonyl (C=O) groups is 1. The highest BCUT2D eigenvalue weighted by atomic mass is 16.2. The summed E-state index contributed by atoms with van der Waals surface area (Å²) in [7, 11) is 0. The van der Waals surface area contributed by atoms with Gasteiger partial charge in [0.1, 0.15) is 0 Å². The summed E-state index contributed by atoms with van der Waals surface area (Å²) in [6.45, 7) is 6.91. The molecule has 1 aromatic rings. The molecule has 1 amide bonds. The van der Waals surface area contributed by atoms with E-state index in [1.165, 1.54) is 0 Å². The third-order valence-electron chi connectivity index (χ3n) is 3.89. The van der Waals surface area contributed by atoms with Crippen molar-refractivity contribution in [3.05, 3.63) is 35.9 Å². The van der Waals surface area contributed by atoms with Gasteiger partial charge in [-0.25, -0.2) is 0 Å². The summed E-state index contributed by atoms with van der Waals surface area (Å²) < 4.78 is 0. The molecule has 0 radical (unpaired) electrons. The number of nitrogens with zero attached hydrogens (tertiary/aromatic N) is 1. The van der Waals surface area contributed by atoms with E-state index in [0.29, 0.717) is 19.0 Å². The third-order valence-corrected chi connectivity index (χ3v) is 3.89. The lowest BCUT2D eigenvalue weighted by molar-refractivity contribution is -0.124. The Bertz CT molecular complexity index is 424. The fraction of sp³-hybridized carbons (Fsp3) is 0.533. The highest BCUT2D eigenvalue weighted by molar-refractivity contribution is 5.78. The zero-order valence-electron chi connectivity index (χ0n) is 11.7. The average Bonchev–Trinajstić information content (AvgIpc) is 2.35. The first-order valence-electron chi connectivity index (χ1n) is 6.81. The van der Waals surface area contributed by atoms with Crippen LogP contribution >= 0.6 is 0 Å². The van der Waals surface area contributed by atoms with E-state index in [2.05, 4.69) is 24.1 Å². The van der Waals surface area contributed by atoms with E-state index in [-0.39, 0.29) is 11.4 Å². The molecule has 104 valence electrons. The fourth-order valence-corrected chi connectivity index (χ4v) is 2.32. The molecule has 3 N–H and O–H groups in total. The van der Waals surface area contributed by atoms with Crippen LogP contribution in [0.3, 0.4) is 0 Å². The van der Waals surface area contributed by atoms with Crippen LogP contribution in [0.1, 0.15) is 19.4 Å². The second-order valence-electron chi connectivity index (χ2n) is 5.80. The summed E-state index contributed by atoms with van der Waals surface area (Å²) in [6, 6.07) is 9.93. The molecule has 0 aliphatic carbocycles. The predicted octanol–water partition coefficient (Wildman–Crippen LogP) is 0.972. The first-order valence-corrected chi connectivity index (χ1v) is 6.81. The van der Waals surface area contributed by atoms with E-state index in [4.69, 9.17) is 5.73 Å².